The fourth-order valence-corrected chi connectivity index (χ4v) is 8.48. The number of benzene rings is 4. The third-order valence-electron chi connectivity index (χ3n) is 6.36. The molecule has 0 atom stereocenters. The molecule has 0 aliphatic carbocycles. The normalized spacial score (nSPS) is 15.3. The monoisotopic (exact) mass is 430 g/mol. The standard InChI is InChI=1S/C30H26OSi/c1-31-32(2)29(25-19-11-5-12-20-25)27(23-15-7-3-8-16-23)28(24-17-9-4-10-18-24)30(32)26-21-13-6-14-22-26/h3-22H,1-2H3. The predicted octanol–water partition coefficient (Wildman–Crippen LogP) is 7.52. The second-order valence-corrected chi connectivity index (χ2v) is 11.7. The molecule has 1 heterocycles. The number of rotatable bonds is 5. The van der Waals surface area contributed by atoms with E-state index in [1.165, 1.54) is 43.8 Å². The van der Waals surface area contributed by atoms with E-state index < -0.39 is 8.32 Å². The van der Waals surface area contributed by atoms with Gasteiger partial charge in [-0.2, -0.15) is 0 Å². The van der Waals surface area contributed by atoms with Gasteiger partial charge in [0.15, 0.2) is 0 Å². The van der Waals surface area contributed by atoms with Crippen LogP contribution < -0.4 is 0 Å². The first-order valence-electron chi connectivity index (χ1n) is 11.0. The largest absolute Gasteiger partial charge is 0.411 e. The molecule has 0 fully saturated rings. The Morgan fingerprint density at radius 1 is 0.438 bits per heavy atom. The molecule has 2 heteroatoms. The zero-order chi connectivity index (χ0) is 22.0. The molecule has 156 valence electrons. The van der Waals surface area contributed by atoms with Gasteiger partial charge in [0.05, 0.1) is 0 Å². The van der Waals surface area contributed by atoms with Gasteiger partial charge in [-0.1, -0.05) is 121 Å². The van der Waals surface area contributed by atoms with Crippen LogP contribution in [-0.4, -0.2) is 15.4 Å². The van der Waals surface area contributed by atoms with Crippen molar-refractivity contribution < 1.29 is 4.43 Å². The minimum Gasteiger partial charge on any atom is -0.411 e. The van der Waals surface area contributed by atoms with Crippen LogP contribution in [0, 0.1) is 0 Å². The highest BCUT2D eigenvalue weighted by molar-refractivity contribution is 7.10. The molecule has 0 amide bonds. The maximum absolute atomic E-state index is 6.56. The minimum absolute atomic E-state index is 1.23. The Morgan fingerprint density at radius 2 is 0.719 bits per heavy atom. The molecule has 4 aromatic carbocycles. The molecule has 1 aliphatic heterocycles. The van der Waals surface area contributed by atoms with Gasteiger partial charge in [0.1, 0.15) is 0 Å². The minimum atomic E-state index is -2.53. The fraction of sp³-hybridized carbons (Fsp3) is 0.0667. The van der Waals surface area contributed by atoms with Crippen molar-refractivity contribution in [2.24, 2.45) is 0 Å². The summed E-state index contributed by atoms with van der Waals surface area (Å²) in [5.74, 6) is 0. The van der Waals surface area contributed by atoms with Gasteiger partial charge in [-0.15, -0.1) is 0 Å². The molecular weight excluding hydrogens is 404 g/mol. The molecule has 0 unspecified atom stereocenters. The Balaban J connectivity index is 1.94. The van der Waals surface area contributed by atoms with Crippen molar-refractivity contribution in [1.29, 1.82) is 0 Å². The van der Waals surface area contributed by atoms with Crippen molar-refractivity contribution in [2.75, 3.05) is 7.11 Å². The predicted molar refractivity (Wildman–Crippen MR) is 138 cm³/mol. The van der Waals surface area contributed by atoms with Gasteiger partial charge >= 0.3 is 0 Å². The molecule has 0 saturated heterocycles. The smallest absolute Gasteiger partial charge is 0.254 e. The van der Waals surface area contributed by atoms with Crippen LogP contribution in [0.3, 0.4) is 0 Å². The highest BCUT2D eigenvalue weighted by Crippen LogP contribution is 2.55. The lowest BCUT2D eigenvalue weighted by Gasteiger charge is -2.28. The van der Waals surface area contributed by atoms with E-state index >= 15 is 0 Å². The van der Waals surface area contributed by atoms with Gasteiger partial charge in [0, 0.05) is 7.11 Å². The Morgan fingerprint density at radius 3 is 1.00 bits per heavy atom. The summed E-state index contributed by atoms with van der Waals surface area (Å²) in [5, 5.41) is 2.68. The average molecular weight is 431 g/mol. The van der Waals surface area contributed by atoms with Crippen LogP contribution in [0.2, 0.25) is 6.55 Å². The van der Waals surface area contributed by atoms with E-state index in [1.54, 1.807) is 0 Å². The lowest BCUT2D eigenvalue weighted by atomic mass is 9.89. The molecule has 0 bridgehead atoms. The fourth-order valence-electron chi connectivity index (χ4n) is 4.89. The second-order valence-electron chi connectivity index (χ2n) is 8.20. The summed E-state index contributed by atoms with van der Waals surface area (Å²) < 4.78 is 6.56. The van der Waals surface area contributed by atoms with E-state index in [4.69, 9.17) is 4.43 Å². The molecule has 0 spiro atoms. The third kappa shape index (κ3) is 3.38. The summed E-state index contributed by atoms with van der Waals surface area (Å²) in [7, 11) is -0.650. The molecule has 1 aliphatic rings. The van der Waals surface area contributed by atoms with Gasteiger partial charge < -0.3 is 4.43 Å². The van der Waals surface area contributed by atoms with Gasteiger partial charge in [-0.05, 0) is 50.3 Å². The quantitative estimate of drug-likeness (QED) is 0.297. The lowest BCUT2D eigenvalue weighted by molar-refractivity contribution is 0.424. The molecule has 0 radical (unpaired) electrons. The van der Waals surface area contributed by atoms with E-state index in [-0.39, 0.29) is 0 Å². The van der Waals surface area contributed by atoms with E-state index in [0.29, 0.717) is 0 Å². The molecule has 4 aromatic rings. The SMILES string of the molecule is CO[Si]1(C)C(c2ccccc2)=C(c2ccccc2)C(c2ccccc2)=C1c1ccccc1. The summed E-state index contributed by atoms with van der Waals surface area (Å²) >= 11 is 0. The van der Waals surface area contributed by atoms with Crippen LogP contribution in [0.15, 0.2) is 121 Å². The van der Waals surface area contributed by atoms with Gasteiger partial charge in [-0.3, -0.25) is 0 Å². The van der Waals surface area contributed by atoms with Crippen molar-refractivity contribution in [3.8, 4) is 0 Å². The van der Waals surface area contributed by atoms with Crippen LogP contribution >= 0.6 is 0 Å². The van der Waals surface area contributed by atoms with Crippen molar-refractivity contribution in [2.45, 2.75) is 6.55 Å². The van der Waals surface area contributed by atoms with E-state index in [9.17, 15) is 0 Å². The number of allylic oxidation sites excluding steroid dienone is 2. The lowest BCUT2D eigenvalue weighted by Crippen LogP contribution is -2.35. The van der Waals surface area contributed by atoms with Crippen LogP contribution in [-0.2, 0) is 4.43 Å². The first kappa shape index (κ1) is 20.4. The Kier molecular flexibility index (Phi) is 5.48. The summed E-state index contributed by atoms with van der Waals surface area (Å²) in [6.07, 6.45) is 0. The maximum Gasteiger partial charge on any atom is 0.254 e. The molecular formula is C30H26OSi. The Labute approximate surface area is 191 Å². The zero-order valence-corrected chi connectivity index (χ0v) is 19.5. The topological polar surface area (TPSA) is 9.23 Å². The van der Waals surface area contributed by atoms with Gasteiger partial charge in [-0.25, -0.2) is 0 Å². The molecule has 0 N–H and O–H groups in total. The van der Waals surface area contributed by atoms with Gasteiger partial charge in [0.2, 0.25) is 0 Å². The van der Waals surface area contributed by atoms with Crippen molar-refractivity contribution in [1.82, 2.24) is 0 Å². The first-order valence-corrected chi connectivity index (χ1v) is 13.4. The Bertz CT molecular complexity index is 1180. The zero-order valence-electron chi connectivity index (χ0n) is 18.5. The molecule has 5 rings (SSSR count). The number of hydrogen-bond acceptors (Lipinski definition) is 1. The molecule has 0 saturated carbocycles. The first-order chi connectivity index (χ1) is 15.7. The van der Waals surface area contributed by atoms with Crippen molar-refractivity contribution in [3.05, 3.63) is 144 Å². The Hall–Kier alpha value is -3.46. The van der Waals surface area contributed by atoms with E-state index in [1.807, 2.05) is 7.11 Å². The van der Waals surface area contributed by atoms with Crippen LogP contribution in [0.25, 0.3) is 21.5 Å². The maximum atomic E-state index is 6.56. The van der Waals surface area contributed by atoms with Crippen molar-refractivity contribution >= 4 is 29.9 Å². The van der Waals surface area contributed by atoms with Crippen LogP contribution in [0.5, 0.6) is 0 Å². The van der Waals surface area contributed by atoms with Crippen LogP contribution in [0.4, 0.5) is 0 Å². The molecule has 1 nitrogen and oxygen atoms in total. The highest BCUT2D eigenvalue weighted by atomic mass is 28.4. The summed E-state index contributed by atoms with van der Waals surface area (Å²) in [5.41, 5.74) is 7.51. The van der Waals surface area contributed by atoms with Crippen molar-refractivity contribution in [3.63, 3.8) is 0 Å². The molecule has 32 heavy (non-hydrogen) atoms. The summed E-state index contributed by atoms with van der Waals surface area (Å²) in [6.45, 7) is 2.34. The molecule has 0 aromatic heterocycles. The summed E-state index contributed by atoms with van der Waals surface area (Å²) in [4.78, 5) is 0. The summed E-state index contributed by atoms with van der Waals surface area (Å²) in [6, 6.07) is 43.1. The van der Waals surface area contributed by atoms with E-state index in [0.717, 1.165) is 0 Å². The second kappa shape index (κ2) is 8.58. The number of hydrogen-bond donors (Lipinski definition) is 0. The highest BCUT2D eigenvalue weighted by Gasteiger charge is 2.48. The average Bonchev–Trinajstić information content (AvgIpc) is 3.16. The van der Waals surface area contributed by atoms with Crippen LogP contribution in [0.1, 0.15) is 22.3 Å². The van der Waals surface area contributed by atoms with Gasteiger partial charge in [0.25, 0.3) is 8.32 Å². The third-order valence-corrected chi connectivity index (χ3v) is 10.2. The van der Waals surface area contributed by atoms with E-state index in [2.05, 4.69) is 128 Å².